The van der Waals surface area contributed by atoms with Crippen molar-refractivity contribution in [3.8, 4) is 0 Å². The van der Waals surface area contributed by atoms with Gasteiger partial charge < -0.3 is 16.0 Å². The second-order valence-corrected chi connectivity index (χ2v) is 7.11. The molecule has 0 radical (unpaired) electrons. The third kappa shape index (κ3) is 4.65. The summed E-state index contributed by atoms with van der Waals surface area (Å²) in [6.45, 7) is 1.51. The van der Waals surface area contributed by atoms with Crippen LogP contribution in [0.15, 0.2) is 53.7 Å². The van der Waals surface area contributed by atoms with Crippen LogP contribution >= 0.6 is 23.2 Å². The van der Waals surface area contributed by atoms with Gasteiger partial charge in [-0.15, -0.1) is 0 Å². The van der Waals surface area contributed by atoms with E-state index in [9.17, 15) is 22.8 Å². The first-order chi connectivity index (χ1) is 13.6. The Morgan fingerprint density at radius 1 is 1.14 bits per heavy atom. The fraction of sp³-hybridized carbons (Fsp3) is 0.158. The van der Waals surface area contributed by atoms with Crippen molar-refractivity contribution in [2.45, 2.75) is 19.1 Å². The van der Waals surface area contributed by atoms with Crippen molar-refractivity contribution in [2.24, 2.45) is 0 Å². The second-order valence-electron chi connectivity index (χ2n) is 6.27. The number of allylic oxidation sites excluding steroid dienone is 1. The predicted molar refractivity (Wildman–Crippen MR) is 104 cm³/mol. The van der Waals surface area contributed by atoms with Crippen molar-refractivity contribution in [3.05, 3.63) is 74.9 Å². The molecular weight excluding hydrogens is 430 g/mol. The summed E-state index contributed by atoms with van der Waals surface area (Å²) in [4.78, 5) is 24.8. The molecule has 1 heterocycles. The Kier molecular flexibility index (Phi) is 5.77. The van der Waals surface area contributed by atoms with Crippen molar-refractivity contribution < 1.29 is 22.8 Å². The average Bonchev–Trinajstić information content (AvgIpc) is 2.60. The maximum atomic E-state index is 12.9. The first-order valence-corrected chi connectivity index (χ1v) is 9.03. The molecule has 0 spiro atoms. The maximum absolute atomic E-state index is 12.9. The van der Waals surface area contributed by atoms with E-state index in [0.29, 0.717) is 10.6 Å². The zero-order valence-corrected chi connectivity index (χ0v) is 16.3. The van der Waals surface area contributed by atoms with Gasteiger partial charge in [0.15, 0.2) is 0 Å². The van der Waals surface area contributed by atoms with Gasteiger partial charge >= 0.3 is 12.2 Å². The SMILES string of the molecule is CC1=C(C(=O)Nc2cccc(C(F)(F)F)c2)[C@@H](c2ccc(Cl)cc2Cl)NC(=O)N1. The highest BCUT2D eigenvalue weighted by Crippen LogP contribution is 2.34. The largest absolute Gasteiger partial charge is 0.416 e. The third-order valence-electron chi connectivity index (χ3n) is 4.24. The first-order valence-electron chi connectivity index (χ1n) is 8.28. The van der Waals surface area contributed by atoms with Gasteiger partial charge in [-0.2, -0.15) is 13.2 Å². The van der Waals surface area contributed by atoms with Gasteiger partial charge in [-0.3, -0.25) is 4.79 Å². The molecule has 0 unspecified atom stereocenters. The Bertz CT molecular complexity index is 1020. The number of hydrogen-bond acceptors (Lipinski definition) is 2. The number of hydrogen-bond donors (Lipinski definition) is 3. The van der Waals surface area contributed by atoms with E-state index in [-0.39, 0.29) is 22.0 Å². The van der Waals surface area contributed by atoms with Gasteiger partial charge in [-0.05, 0) is 42.8 Å². The number of anilines is 1. The molecule has 0 saturated carbocycles. The van der Waals surface area contributed by atoms with Crippen LogP contribution in [0.4, 0.5) is 23.7 Å². The van der Waals surface area contributed by atoms with E-state index in [0.717, 1.165) is 12.1 Å². The molecule has 0 aliphatic carbocycles. The Balaban J connectivity index is 1.96. The molecule has 1 aliphatic heterocycles. The second kappa shape index (κ2) is 7.96. The number of halogens is 5. The minimum absolute atomic E-state index is 0.0389. The topological polar surface area (TPSA) is 70.2 Å². The molecule has 10 heteroatoms. The highest BCUT2D eigenvalue weighted by atomic mass is 35.5. The quantitative estimate of drug-likeness (QED) is 0.603. The number of alkyl halides is 3. The lowest BCUT2D eigenvalue weighted by Gasteiger charge is -2.29. The Morgan fingerprint density at radius 2 is 1.86 bits per heavy atom. The van der Waals surface area contributed by atoms with E-state index < -0.39 is 29.7 Å². The molecule has 3 rings (SSSR count). The Morgan fingerprint density at radius 3 is 2.52 bits per heavy atom. The Hall–Kier alpha value is -2.71. The van der Waals surface area contributed by atoms with Gasteiger partial charge in [0.2, 0.25) is 0 Å². The highest BCUT2D eigenvalue weighted by molar-refractivity contribution is 6.35. The van der Waals surface area contributed by atoms with Crippen LogP contribution in [0.5, 0.6) is 0 Å². The molecule has 5 nitrogen and oxygen atoms in total. The molecule has 3 amide bonds. The number of carbonyl (C=O) groups excluding carboxylic acids is 2. The summed E-state index contributed by atoms with van der Waals surface area (Å²) in [6, 6.07) is 7.36. The summed E-state index contributed by atoms with van der Waals surface area (Å²) in [5, 5.41) is 8.12. The summed E-state index contributed by atoms with van der Waals surface area (Å²) in [5.74, 6) is -0.689. The van der Waals surface area contributed by atoms with Crippen molar-refractivity contribution in [3.63, 3.8) is 0 Å². The van der Waals surface area contributed by atoms with E-state index in [1.54, 1.807) is 12.1 Å². The summed E-state index contributed by atoms with van der Waals surface area (Å²) < 4.78 is 38.8. The molecule has 2 aromatic rings. The van der Waals surface area contributed by atoms with Crippen LogP contribution in [-0.4, -0.2) is 11.9 Å². The molecule has 0 saturated heterocycles. The van der Waals surface area contributed by atoms with Crippen molar-refractivity contribution in [2.75, 3.05) is 5.32 Å². The van der Waals surface area contributed by atoms with Gasteiger partial charge in [0, 0.05) is 21.4 Å². The maximum Gasteiger partial charge on any atom is 0.416 e. The molecule has 0 bridgehead atoms. The molecule has 1 atom stereocenters. The van der Waals surface area contributed by atoms with Crippen LogP contribution in [0.3, 0.4) is 0 Å². The van der Waals surface area contributed by atoms with Crippen LogP contribution in [0.25, 0.3) is 0 Å². The smallest absolute Gasteiger partial charge is 0.327 e. The zero-order valence-electron chi connectivity index (χ0n) is 14.8. The molecule has 3 N–H and O–H groups in total. The van der Waals surface area contributed by atoms with Crippen LogP contribution in [0, 0.1) is 0 Å². The summed E-state index contributed by atoms with van der Waals surface area (Å²) in [7, 11) is 0. The van der Waals surface area contributed by atoms with Gasteiger partial charge in [-0.25, -0.2) is 4.79 Å². The van der Waals surface area contributed by atoms with E-state index in [1.807, 2.05) is 0 Å². The van der Waals surface area contributed by atoms with Crippen molar-refractivity contribution >= 4 is 40.8 Å². The fourth-order valence-corrected chi connectivity index (χ4v) is 3.45. The third-order valence-corrected chi connectivity index (χ3v) is 4.80. The molecule has 29 heavy (non-hydrogen) atoms. The minimum Gasteiger partial charge on any atom is -0.327 e. The van der Waals surface area contributed by atoms with Gasteiger partial charge in [0.25, 0.3) is 5.91 Å². The fourth-order valence-electron chi connectivity index (χ4n) is 2.94. The number of benzene rings is 2. The number of amides is 3. The van der Waals surface area contributed by atoms with Gasteiger partial charge in [0.1, 0.15) is 0 Å². The number of carbonyl (C=O) groups is 2. The molecule has 152 valence electrons. The van der Waals surface area contributed by atoms with E-state index >= 15 is 0 Å². The summed E-state index contributed by atoms with van der Waals surface area (Å²) in [6.07, 6.45) is -4.55. The zero-order chi connectivity index (χ0) is 21.3. The summed E-state index contributed by atoms with van der Waals surface area (Å²) >= 11 is 12.1. The van der Waals surface area contributed by atoms with E-state index in [2.05, 4.69) is 16.0 Å². The van der Waals surface area contributed by atoms with Gasteiger partial charge in [-0.1, -0.05) is 35.3 Å². The number of urea groups is 1. The van der Waals surface area contributed by atoms with Crippen LogP contribution < -0.4 is 16.0 Å². The van der Waals surface area contributed by atoms with E-state index in [1.165, 1.54) is 25.1 Å². The van der Waals surface area contributed by atoms with E-state index in [4.69, 9.17) is 23.2 Å². The molecule has 1 aliphatic rings. The minimum atomic E-state index is -4.55. The number of nitrogens with one attached hydrogen (secondary N) is 3. The summed E-state index contributed by atoms with van der Waals surface area (Å²) in [5.41, 5.74) is -0.170. The number of rotatable bonds is 3. The highest BCUT2D eigenvalue weighted by Gasteiger charge is 2.33. The van der Waals surface area contributed by atoms with Crippen LogP contribution in [-0.2, 0) is 11.0 Å². The average molecular weight is 444 g/mol. The Labute approximate surface area is 173 Å². The molecule has 0 aromatic heterocycles. The van der Waals surface area contributed by atoms with Crippen molar-refractivity contribution in [1.82, 2.24) is 10.6 Å². The molecular formula is C19H14Cl2F3N3O2. The lowest BCUT2D eigenvalue weighted by molar-refractivity contribution is -0.137. The monoisotopic (exact) mass is 443 g/mol. The van der Waals surface area contributed by atoms with Gasteiger partial charge in [0.05, 0.1) is 17.2 Å². The first kappa shape index (κ1) is 21.0. The normalized spacial score (nSPS) is 16.9. The van der Waals surface area contributed by atoms with Crippen LogP contribution in [0.2, 0.25) is 10.0 Å². The predicted octanol–water partition coefficient (Wildman–Crippen LogP) is 5.28. The lowest BCUT2D eigenvalue weighted by atomic mass is 9.94. The lowest BCUT2D eigenvalue weighted by Crippen LogP contribution is -2.46. The standard InChI is InChI=1S/C19H14Cl2F3N3O2/c1-9-15(17(28)26-12-4-2-3-10(7-12)19(22,23)24)16(27-18(29)25-9)13-6-5-11(20)8-14(13)21/h2-8,16H,1H3,(H,26,28)(H2,25,27,29)/t16-/m1/s1. The molecule has 2 aromatic carbocycles. The van der Waals surface area contributed by atoms with Crippen molar-refractivity contribution in [1.29, 1.82) is 0 Å². The molecule has 0 fully saturated rings. The van der Waals surface area contributed by atoms with Crippen LogP contribution in [0.1, 0.15) is 24.1 Å².